The number of anilines is 1. The molecule has 0 aliphatic rings. The fourth-order valence-corrected chi connectivity index (χ4v) is 4.09. The lowest BCUT2D eigenvalue weighted by Gasteiger charge is -2.12. The summed E-state index contributed by atoms with van der Waals surface area (Å²) >= 11 is 9.06. The topological polar surface area (TPSA) is 71.1 Å². The molecule has 1 unspecified atom stereocenters. The van der Waals surface area contributed by atoms with Crippen LogP contribution in [0.1, 0.15) is 32.6 Å². The maximum Gasteiger partial charge on any atom is 0.261 e. The summed E-state index contributed by atoms with van der Waals surface area (Å²) in [5, 5.41) is 8.49. The van der Waals surface area contributed by atoms with Crippen molar-refractivity contribution < 1.29 is 9.59 Å². The number of halogens is 1. The molecule has 2 amide bonds. The van der Waals surface area contributed by atoms with Crippen LogP contribution in [0.3, 0.4) is 0 Å². The minimum absolute atomic E-state index is 0.262. The highest BCUT2D eigenvalue weighted by Crippen LogP contribution is 2.26. The van der Waals surface area contributed by atoms with Crippen LogP contribution in [-0.2, 0) is 11.2 Å². The van der Waals surface area contributed by atoms with Gasteiger partial charge in [-0.05, 0) is 36.4 Å². The van der Waals surface area contributed by atoms with E-state index in [1.165, 1.54) is 22.7 Å². The maximum atomic E-state index is 12.3. The molecule has 0 aliphatic carbocycles. The van der Waals surface area contributed by atoms with E-state index in [2.05, 4.69) is 15.6 Å². The van der Waals surface area contributed by atoms with Crippen molar-refractivity contribution in [3.05, 3.63) is 67.8 Å². The van der Waals surface area contributed by atoms with E-state index >= 15 is 0 Å². The summed E-state index contributed by atoms with van der Waals surface area (Å²) in [5.74, 6) is -0.573. The predicted molar refractivity (Wildman–Crippen MR) is 111 cm³/mol. The minimum atomic E-state index is -0.668. The van der Waals surface area contributed by atoms with Gasteiger partial charge in [-0.3, -0.25) is 9.59 Å². The molecule has 2 heterocycles. The zero-order valence-corrected chi connectivity index (χ0v) is 17.2. The number of thiophene rings is 1. The summed E-state index contributed by atoms with van der Waals surface area (Å²) in [5.41, 5.74) is 2.05. The summed E-state index contributed by atoms with van der Waals surface area (Å²) in [6.07, 6.45) is 2.38. The Hall–Kier alpha value is -2.22. The molecule has 2 N–H and O–H groups in total. The number of aryl methyl sites for hydroxylation is 1. The molecule has 5 nitrogen and oxygen atoms in total. The average molecular weight is 420 g/mol. The second-order valence-electron chi connectivity index (χ2n) is 6.02. The molecule has 0 spiro atoms. The number of nitrogens with one attached hydrogen (secondary N) is 2. The molecule has 3 rings (SSSR count). The Labute approximate surface area is 170 Å². The van der Waals surface area contributed by atoms with Gasteiger partial charge in [-0.15, -0.1) is 22.7 Å². The van der Waals surface area contributed by atoms with Gasteiger partial charge in [0.1, 0.15) is 6.04 Å². The van der Waals surface area contributed by atoms with Gasteiger partial charge >= 0.3 is 0 Å². The van der Waals surface area contributed by atoms with Gasteiger partial charge in [-0.2, -0.15) is 0 Å². The third kappa shape index (κ3) is 4.94. The van der Waals surface area contributed by atoms with Gasteiger partial charge in [0.05, 0.1) is 4.88 Å². The van der Waals surface area contributed by atoms with Crippen molar-refractivity contribution in [3.8, 4) is 0 Å². The molecule has 1 aromatic carbocycles. The van der Waals surface area contributed by atoms with Crippen molar-refractivity contribution in [2.24, 2.45) is 0 Å². The highest BCUT2D eigenvalue weighted by molar-refractivity contribution is 7.15. The number of aromatic nitrogens is 1. The molecule has 140 valence electrons. The van der Waals surface area contributed by atoms with Crippen molar-refractivity contribution in [2.75, 3.05) is 5.32 Å². The molecule has 3 aromatic rings. The van der Waals surface area contributed by atoms with Gasteiger partial charge in [0.15, 0.2) is 5.13 Å². The van der Waals surface area contributed by atoms with Crippen molar-refractivity contribution in [1.29, 1.82) is 0 Å². The molecule has 0 saturated heterocycles. The van der Waals surface area contributed by atoms with E-state index < -0.39 is 6.04 Å². The zero-order valence-electron chi connectivity index (χ0n) is 14.8. The van der Waals surface area contributed by atoms with E-state index in [-0.39, 0.29) is 11.8 Å². The van der Waals surface area contributed by atoms with Gasteiger partial charge < -0.3 is 10.6 Å². The molecular formula is C19H18ClN3O2S2. The molecule has 1 atom stereocenters. The lowest BCUT2D eigenvalue weighted by Crippen LogP contribution is -2.41. The highest BCUT2D eigenvalue weighted by atomic mass is 35.5. The van der Waals surface area contributed by atoms with Crippen molar-refractivity contribution >= 4 is 51.2 Å². The minimum Gasteiger partial charge on any atom is -0.340 e. The summed E-state index contributed by atoms with van der Waals surface area (Å²) in [4.78, 5) is 30.2. The SMILES string of the molecule is Cc1cccc(Cc2cnc(NC(=O)C(C)NC(=O)c3cccs3)s2)c1Cl. The summed E-state index contributed by atoms with van der Waals surface area (Å²) in [6, 6.07) is 8.76. The number of thiazole rings is 1. The Bertz CT molecular complexity index is 954. The monoisotopic (exact) mass is 419 g/mol. The molecule has 0 bridgehead atoms. The van der Waals surface area contributed by atoms with Crippen molar-refractivity contribution in [3.63, 3.8) is 0 Å². The number of rotatable bonds is 6. The van der Waals surface area contributed by atoms with E-state index in [0.29, 0.717) is 16.4 Å². The van der Waals surface area contributed by atoms with Gasteiger partial charge in [0, 0.05) is 22.5 Å². The molecule has 0 fully saturated rings. The van der Waals surface area contributed by atoms with Crippen LogP contribution in [0.5, 0.6) is 0 Å². The lowest BCUT2D eigenvalue weighted by atomic mass is 10.1. The summed E-state index contributed by atoms with van der Waals surface area (Å²) in [6.45, 7) is 3.61. The van der Waals surface area contributed by atoms with E-state index in [4.69, 9.17) is 11.6 Å². The standard InChI is InChI=1S/C19H18ClN3O2S2/c1-11-5-3-6-13(16(11)20)9-14-10-21-19(27-14)23-17(24)12(2)22-18(25)15-7-4-8-26-15/h3-8,10,12H,9H2,1-2H3,(H,22,25)(H,21,23,24). The molecule has 0 saturated carbocycles. The Balaban J connectivity index is 1.59. The molecule has 8 heteroatoms. The van der Waals surface area contributed by atoms with Gasteiger partial charge in [0.2, 0.25) is 5.91 Å². The quantitative estimate of drug-likeness (QED) is 0.617. The number of hydrogen-bond acceptors (Lipinski definition) is 5. The summed E-state index contributed by atoms with van der Waals surface area (Å²) in [7, 11) is 0. The second kappa shape index (κ2) is 8.65. The predicted octanol–water partition coefficient (Wildman–Crippen LogP) is 4.51. The molecule has 0 aliphatic heterocycles. The van der Waals surface area contributed by atoms with Crippen LogP contribution in [0.25, 0.3) is 0 Å². The van der Waals surface area contributed by atoms with E-state index in [0.717, 1.165) is 21.0 Å². The van der Waals surface area contributed by atoms with E-state index in [1.54, 1.807) is 25.3 Å². The van der Waals surface area contributed by atoms with Crippen LogP contribution in [-0.4, -0.2) is 22.8 Å². The zero-order chi connectivity index (χ0) is 19.4. The third-order valence-electron chi connectivity index (χ3n) is 3.91. The molecule has 2 aromatic heterocycles. The fourth-order valence-electron chi connectivity index (χ4n) is 2.43. The molecule has 27 heavy (non-hydrogen) atoms. The first-order valence-corrected chi connectivity index (χ1v) is 10.4. The van der Waals surface area contributed by atoms with Crippen LogP contribution in [0.4, 0.5) is 5.13 Å². The van der Waals surface area contributed by atoms with Crippen LogP contribution in [0.15, 0.2) is 41.9 Å². The summed E-state index contributed by atoms with van der Waals surface area (Å²) < 4.78 is 0. The number of hydrogen-bond donors (Lipinski definition) is 2. The Morgan fingerprint density at radius 3 is 2.81 bits per heavy atom. The van der Waals surface area contributed by atoms with Crippen molar-refractivity contribution in [2.45, 2.75) is 26.3 Å². The van der Waals surface area contributed by atoms with Crippen molar-refractivity contribution in [1.82, 2.24) is 10.3 Å². The number of carbonyl (C=O) groups excluding carboxylic acids is 2. The van der Waals surface area contributed by atoms with Crippen LogP contribution in [0.2, 0.25) is 5.02 Å². The first-order chi connectivity index (χ1) is 12.9. The fraction of sp³-hybridized carbons (Fsp3) is 0.211. The first-order valence-electron chi connectivity index (χ1n) is 8.28. The number of amides is 2. The number of carbonyl (C=O) groups is 2. The van der Waals surface area contributed by atoms with Gasteiger partial charge in [-0.1, -0.05) is 35.9 Å². The van der Waals surface area contributed by atoms with Gasteiger partial charge in [-0.25, -0.2) is 4.98 Å². The lowest BCUT2D eigenvalue weighted by molar-refractivity contribution is -0.117. The Morgan fingerprint density at radius 1 is 1.26 bits per heavy atom. The van der Waals surface area contributed by atoms with Crippen LogP contribution >= 0.6 is 34.3 Å². The first kappa shape index (κ1) is 19.5. The third-order valence-corrected chi connectivity index (χ3v) is 6.23. The number of nitrogens with zero attached hydrogens (tertiary/aromatic N) is 1. The second-order valence-corrected chi connectivity index (χ2v) is 8.46. The molecular weight excluding hydrogens is 402 g/mol. The molecule has 0 radical (unpaired) electrons. The number of benzene rings is 1. The maximum absolute atomic E-state index is 12.3. The smallest absolute Gasteiger partial charge is 0.261 e. The van der Waals surface area contributed by atoms with E-state index in [1.807, 2.05) is 30.5 Å². The van der Waals surface area contributed by atoms with Crippen LogP contribution in [0, 0.1) is 6.92 Å². The average Bonchev–Trinajstić information content (AvgIpc) is 3.31. The van der Waals surface area contributed by atoms with E-state index in [9.17, 15) is 9.59 Å². The Kier molecular flexibility index (Phi) is 6.26. The van der Waals surface area contributed by atoms with Crippen LogP contribution < -0.4 is 10.6 Å². The normalized spacial score (nSPS) is 11.8. The largest absolute Gasteiger partial charge is 0.340 e. The highest BCUT2D eigenvalue weighted by Gasteiger charge is 2.18. The Morgan fingerprint density at radius 2 is 2.07 bits per heavy atom. The van der Waals surface area contributed by atoms with Gasteiger partial charge in [0.25, 0.3) is 5.91 Å².